The van der Waals surface area contributed by atoms with Crippen LogP contribution in [0, 0.1) is 5.92 Å². The smallest absolute Gasteiger partial charge is 0.305 e. The maximum atomic E-state index is 11.6. The minimum Gasteiger partial charge on any atom is -0.481 e. The van der Waals surface area contributed by atoms with Crippen molar-refractivity contribution < 1.29 is 14.7 Å². The van der Waals surface area contributed by atoms with Gasteiger partial charge in [0, 0.05) is 6.04 Å². The van der Waals surface area contributed by atoms with Crippen molar-refractivity contribution in [2.24, 2.45) is 5.92 Å². The Morgan fingerprint density at radius 1 is 1.35 bits per heavy atom. The highest BCUT2D eigenvalue weighted by Crippen LogP contribution is 2.08. The van der Waals surface area contributed by atoms with Crippen LogP contribution in [0.1, 0.15) is 40.0 Å². The first-order chi connectivity index (χ1) is 7.97. The lowest BCUT2D eigenvalue weighted by molar-refractivity contribution is -0.138. The van der Waals surface area contributed by atoms with Gasteiger partial charge in [0.2, 0.25) is 5.91 Å². The lowest BCUT2D eigenvalue weighted by atomic mass is 10.0. The van der Waals surface area contributed by atoms with E-state index in [1.165, 1.54) is 0 Å². The van der Waals surface area contributed by atoms with Crippen molar-refractivity contribution in [3.8, 4) is 0 Å². The quantitative estimate of drug-likeness (QED) is 0.624. The average molecular weight is 261 g/mol. The Morgan fingerprint density at radius 2 is 2.00 bits per heavy atom. The highest BCUT2D eigenvalue weighted by atomic mass is 32.2. The van der Waals surface area contributed by atoms with Crippen molar-refractivity contribution in [3.05, 3.63) is 0 Å². The molecule has 0 radical (unpaired) electrons. The molecule has 0 saturated carbocycles. The Labute approximate surface area is 108 Å². The summed E-state index contributed by atoms with van der Waals surface area (Å²) in [5.41, 5.74) is 0. The zero-order valence-corrected chi connectivity index (χ0v) is 11.7. The molecular weight excluding hydrogens is 238 g/mol. The molecule has 2 N–H and O–H groups in total. The summed E-state index contributed by atoms with van der Waals surface area (Å²) in [5, 5.41) is 11.5. The van der Waals surface area contributed by atoms with Gasteiger partial charge in [0.05, 0.1) is 12.2 Å². The Bertz CT molecular complexity index is 244. The number of amides is 1. The molecule has 1 atom stereocenters. The van der Waals surface area contributed by atoms with Crippen LogP contribution < -0.4 is 5.32 Å². The van der Waals surface area contributed by atoms with E-state index in [1.807, 2.05) is 13.8 Å². The van der Waals surface area contributed by atoms with E-state index < -0.39 is 5.97 Å². The van der Waals surface area contributed by atoms with E-state index in [9.17, 15) is 9.59 Å². The molecule has 100 valence electrons. The second-order valence-electron chi connectivity index (χ2n) is 4.42. The molecule has 1 amide bonds. The normalized spacial score (nSPS) is 12.5. The van der Waals surface area contributed by atoms with Crippen molar-refractivity contribution in [2.45, 2.75) is 46.1 Å². The van der Waals surface area contributed by atoms with Gasteiger partial charge in [-0.2, -0.15) is 11.8 Å². The average Bonchev–Trinajstić information content (AvgIpc) is 2.22. The third-order valence-electron chi connectivity index (χ3n) is 2.42. The number of rotatable bonds is 9. The van der Waals surface area contributed by atoms with Crippen LogP contribution in [0.4, 0.5) is 0 Å². The molecule has 0 spiro atoms. The predicted molar refractivity (Wildman–Crippen MR) is 71.3 cm³/mol. The molecule has 0 fully saturated rings. The van der Waals surface area contributed by atoms with Gasteiger partial charge in [-0.3, -0.25) is 9.59 Å². The molecule has 1 unspecified atom stereocenters. The first-order valence-corrected chi connectivity index (χ1v) is 7.21. The fourth-order valence-electron chi connectivity index (χ4n) is 1.30. The summed E-state index contributed by atoms with van der Waals surface area (Å²) in [6.07, 6.45) is 2.23. The summed E-state index contributed by atoms with van der Waals surface area (Å²) in [5.74, 6) is 0.599. The number of carbonyl (C=O) groups is 2. The molecule has 0 aliphatic heterocycles. The molecule has 0 heterocycles. The molecule has 0 aliphatic carbocycles. The van der Waals surface area contributed by atoms with Crippen LogP contribution in [-0.4, -0.2) is 34.5 Å². The van der Waals surface area contributed by atoms with Crippen molar-refractivity contribution in [1.29, 1.82) is 0 Å². The van der Waals surface area contributed by atoms with Gasteiger partial charge in [-0.25, -0.2) is 0 Å². The third kappa shape index (κ3) is 9.03. The van der Waals surface area contributed by atoms with E-state index in [0.29, 0.717) is 5.75 Å². The Hall–Kier alpha value is -0.710. The Morgan fingerprint density at radius 3 is 2.47 bits per heavy atom. The zero-order valence-electron chi connectivity index (χ0n) is 10.9. The first-order valence-electron chi connectivity index (χ1n) is 6.06. The third-order valence-corrected chi connectivity index (χ3v) is 3.46. The summed E-state index contributed by atoms with van der Waals surface area (Å²) in [7, 11) is 0. The number of hydrogen-bond donors (Lipinski definition) is 2. The maximum Gasteiger partial charge on any atom is 0.305 e. The lowest BCUT2D eigenvalue weighted by Gasteiger charge is -2.20. The largest absolute Gasteiger partial charge is 0.481 e. The number of unbranched alkanes of at least 4 members (excludes halogenated alkanes) is 1. The molecule has 4 nitrogen and oxygen atoms in total. The molecule has 0 aromatic carbocycles. The Balaban J connectivity index is 3.91. The van der Waals surface area contributed by atoms with Gasteiger partial charge in [-0.1, -0.05) is 27.2 Å². The topological polar surface area (TPSA) is 66.4 Å². The van der Waals surface area contributed by atoms with E-state index in [2.05, 4.69) is 12.2 Å². The number of carboxylic acid groups (broad SMARTS) is 1. The molecular formula is C12H23NO3S. The minimum absolute atomic E-state index is 0.0109. The fourth-order valence-corrected chi connectivity index (χ4v) is 2.21. The molecule has 0 aromatic heterocycles. The predicted octanol–water partition coefficient (Wildman–Crippen LogP) is 2.14. The maximum absolute atomic E-state index is 11.6. The van der Waals surface area contributed by atoms with Crippen LogP contribution in [0.2, 0.25) is 0 Å². The van der Waals surface area contributed by atoms with E-state index in [1.54, 1.807) is 11.8 Å². The van der Waals surface area contributed by atoms with Gasteiger partial charge in [-0.05, 0) is 18.1 Å². The van der Waals surface area contributed by atoms with Gasteiger partial charge < -0.3 is 10.4 Å². The van der Waals surface area contributed by atoms with Crippen LogP contribution in [0.5, 0.6) is 0 Å². The van der Waals surface area contributed by atoms with E-state index in [4.69, 9.17) is 5.11 Å². The summed E-state index contributed by atoms with van der Waals surface area (Å²) in [4.78, 5) is 22.2. The lowest BCUT2D eigenvalue weighted by Crippen LogP contribution is -2.41. The van der Waals surface area contributed by atoms with Crippen molar-refractivity contribution >= 4 is 23.6 Å². The minimum atomic E-state index is -0.873. The SMILES string of the molecule is CCCCSCC(=O)NC(CC(=O)O)C(C)C. The first kappa shape index (κ1) is 16.3. The molecule has 0 aliphatic rings. The van der Waals surface area contributed by atoms with Gasteiger partial charge >= 0.3 is 5.97 Å². The van der Waals surface area contributed by atoms with Crippen molar-refractivity contribution in [3.63, 3.8) is 0 Å². The molecule has 0 saturated heterocycles. The number of thioether (sulfide) groups is 1. The van der Waals surface area contributed by atoms with Crippen LogP contribution in [0.3, 0.4) is 0 Å². The van der Waals surface area contributed by atoms with Gasteiger partial charge in [0.1, 0.15) is 0 Å². The van der Waals surface area contributed by atoms with E-state index in [-0.39, 0.29) is 24.3 Å². The van der Waals surface area contributed by atoms with Crippen molar-refractivity contribution in [2.75, 3.05) is 11.5 Å². The zero-order chi connectivity index (χ0) is 13.3. The molecule has 0 rings (SSSR count). The van der Waals surface area contributed by atoms with Crippen LogP contribution in [0.15, 0.2) is 0 Å². The highest BCUT2D eigenvalue weighted by Gasteiger charge is 2.18. The molecule has 0 aromatic rings. The molecule has 17 heavy (non-hydrogen) atoms. The van der Waals surface area contributed by atoms with Crippen LogP contribution >= 0.6 is 11.8 Å². The number of nitrogens with one attached hydrogen (secondary N) is 1. The molecule has 0 bridgehead atoms. The number of aliphatic carboxylic acids is 1. The second-order valence-corrected chi connectivity index (χ2v) is 5.53. The Kier molecular flexibility index (Phi) is 8.94. The highest BCUT2D eigenvalue weighted by molar-refractivity contribution is 7.99. The van der Waals surface area contributed by atoms with Crippen LogP contribution in [0.25, 0.3) is 0 Å². The monoisotopic (exact) mass is 261 g/mol. The molecule has 5 heteroatoms. The summed E-state index contributed by atoms with van der Waals surface area (Å²) < 4.78 is 0. The van der Waals surface area contributed by atoms with Gasteiger partial charge in [-0.15, -0.1) is 0 Å². The summed E-state index contributed by atoms with van der Waals surface area (Å²) in [6.45, 7) is 5.94. The number of carbonyl (C=O) groups excluding carboxylic acids is 1. The second kappa shape index (κ2) is 9.33. The van der Waals surface area contributed by atoms with E-state index >= 15 is 0 Å². The number of carboxylic acids is 1. The van der Waals surface area contributed by atoms with Crippen molar-refractivity contribution in [1.82, 2.24) is 5.32 Å². The summed E-state index contributed by atoms with van der Waals surface area (Å²) >= 11 is 1.60. The number of hydrogen-bond acceptors (Lipinski definition) is 3. The summed E-state index contributed by atoms with van der Waals surface area (Å²) in [6, 6.07) is -0.272. The van der Waals surface area contributed by atoms with Crippen LogP contribution in [-0.2, 0) is 9.59 Å². The van der Waals surface area contributed by atoms with Gasteiger partial charge in [0.15, 0.2) is 0 Å². The standard InChI is InChI=1S/C12H23NO3S/c1-4-5-6-17-8-11(14)13-10(9(2)3)7-12(15)16/h9-10H,4-8H2,1-3H3,(H,13,14)(H,15,16). The fraction of sp³-hybridized carbons (Fsp3) is 0.833. The van der Waals surface area contributed by atoms with E-state index in [0.717, 1.165) is 18.6 Å². The van der Waals surface area contributed by atoms with Gasteiger partial charge in [0.25, 0.3) is 0 Å².